The lowest BCUT2D eigenvalue weighted by molar-refractivity contribution is -0.384. The summed E-state index contributed by atoms with van der Waals surface area (Å²) in [5.41, 5.74) is 1.94. The molecule has 2 aromatic rings. The summed E-state index contributed by atoms with van der Waals surface area (Å²) >= 11 is 0. The van der Waals surface area contributed by atoms with Gasteiger partial charge in [0, 0.05) is 30.4 Å². The summed E-state index contributed by atoms with van der Waals surface area (Å²) < 4.78 is 0. The van der Waals surface area contributed by atoms with Gasteiger partial charge in [-0.2, -0.15) is 5.11 Å². The number of hydrogen-bond acceptors (Lipinski definition) is 6. The number of azo groups is 1. The lowest BCUT2D eigenvalue weighted by Crippen LogP contribution is -2.25. The molecule has 36 heavy (non-hydrogen) atoms. The van der Waals surface area contributed by atoms with Crippen molar-refractivity contribution in [3.8, 4) is 0 Å². The van der Waals surface area contributed by atoms with Gasteiger partial charge < -0.3 is 4.90 Å². The number of carbonyl (C=O) groups is 1. The molecule has 0 fully saturated rings. The molecule has 2 aromatic carbocycles. The van der Waals surface area contributed by atoms with Crippen LogP contribution in [0.2, 0.25) is 0 Å². The Morgan fingerprint density at radius 1 is 0.778 bits per heavy atom. The number of unbranched alkanes of at least 4 members (excludes halogenated alkanes) is 10. The Labute approximate surface area is 216 Å². The number of rotatable bonds is 19. The van der Waals surface area contributed by atoms with Crippen LogP contribution in [0, 0.1) is 10.1 Å². The first-order chi connectivity index (χ1) is 17.6. The Morgan fingerprint density at radius 3 is 1.86 bits per heavy atom. The number of anilines is 1. The fourth-order valence-electron chi connectivity index (χ4n) is 4.22. The van der Waals surface area contributed by atoms with Crippen LogP contribution in [-0.2, 0) is 0 Å². The summed E-state index contributed by atoms with van der Waals surface area (Å²) in [4.78, 5) is 24.2. The Balaban J connectivity index is 2.02. The Morgan fingerprint density at radius 2 is 1.33 bits per heavy atom. The zero-order chi connectivity index (χ0) is 26.0. The highest BCUT2D eigenvalue weighted by Gasteiger charge is 2.14. The second-order valence-corrected chi connectivity index (χ2v) is 9.36. The predicted molar refractivity (Wildman–Crippen MR) is 148 cm³/mol. The number of hydrogen-bond donors (Lipinski definition) is 0. The van der Waals surface area contributed by atoms with Crippen LogP contribution in [0.3, 0.4) is 0 Å². The van der Waals surface area contributed by atoms with E-state index < -0.39 is 4.92 Å². The van der Waals surface area contributed by atoms with Gasteiger partial charge in [-0.05, 0) is 49.2 Å². The van der Waals surface area contributed by atoms with E-state index in [1.54, 1.807) is 0 Å². The van der Waals surface area contributed by atoms with E-state index >= 15 is 0 Å². The number of nitro groups is 1. The van der Waals surface area contributed by atoms with Gasteiger partial charge in [-0.3, -0.25) is 14.9 Å². The molecule has 0 radical (unpaired) electrons. The summed E-state index contributed by atoms with van der Waals surface area (Å²) in [6.07, 6.45) is 15.9. The maximum Gasteiger partial charge on any atom is 0.297 e. The third-order valence-electron chi connectivity index (χ3n) is 6.38. The summed E-state index contributed by atoms with van der Waals surface area (Å²) in [6, 6.07) is 12.1. The fraction of sp³-hybridized carbons (Fsp3) is 0.552. The number of benzene rings is 2. The quantitative estimate of drug-likeness (QED) is 0.0639. The number of aldehydes is 1. The van der Waals surface area contributed by atoms with Gasteiger partial charge in [-0.15, -0.1) is 5.11 Å². The van der Waals surface area contributed by atoms with Gasteiger partial charge in [0.1, 0.15) is 6.29 Å². The molecule has 7 nitrogen and oxygen atoms in total. The van der Waals surface area contributed by atoms with Crippen molar-refractivity contribution in [3.05, 3.63) is 58.1 Å². The van der Waals surface area contributed by atoms with Crippen molar-refractivity contribution in [2.45, 2.75) is 90.9 Å². The van der Waals surface area contributed by atoms with Crippen molar-refractivity contribution >= 4 is 29.0 Å². The smallest absolute Gasteiger partial charge is 0.297 e. The van der Waals surface area contributed by atoms with E-state index in [1.807, 2.05) is 12.1 Å². The molecule has 0 spiro atoms. The highest BCUT2D eigenvalue weighted by atomic mass is 16.6. The summed E-state index contributed by atoms with van der Waals surface area (Å²) in [5, 5.41) is 19.6. The first-order valence-electron chi connectivity index (χ1n) is 13.6. The molecule has 0 aromatic heterocycles. The molecule has 2 rings (SSSR count). The van der Waals surface area contributed by atoms with Crippen molar-refractivity contribution in [2.75, 3.05) is 18.0 Å². The topological polar surface area (TPSA) is 88.2 Å². The van der Waals surface area contributed by atoms with E-state index in [2.05, 4.69) is 41.1 Å². The molecule has 0 atom stereocenters. The predicted octanol–water partition coefficient (Wildman–Crippen LogP) is 9.35. The van der Waals surface area contributed by atoms with Crippen molar-refractivity contribution in [2.24, 2.45) is 10.2 Å². The zero-order valence-electron chi connectivity index (χ0n) is 22.0. The van der Waals surface area contributed by atoms with Crippen LogP contribution in [0.15, 0.2) is 52.7 Å². The Bertz CT molecular complexity index is 928. The van der Waals surface area contributed by atoms with E-state index in [4.69, 9.17) is 0 Å². The normalized spacial score (nSPS) is 11.2. The molecule has 0 bridgehead atoms. The summed E-state index contributed by atoms with van der Waals surface area (Å²) in [5.74, 6) is 0. The summed E-state index contributed by atoms with van der Waals surface area (Å²) in [6.45, 7) is 6.60. The molecule has 0 aliphatic heterocycles. The molecule has 0 aliphatic carbocycles. The van der Waals surface area contributed by atoms with Gasteiger partial charge in [0.2, 0.25) is 0 Å². The lowest BCUT2D eigenvalue weighted by atomic mass is 10.1. The third-order valence-corrected chi connectivity index (χ3v) is 6.38. The van der Waals surface area contributed by atoms with Crippen LogP contribution < -0.4 is 4.90 Å². The van der Waals surface area contributed by atoms with Crippen LogP contribution in [-0.4, -0.2) is 24.3 Å². The van der Waals surface area contributed by atoms with Crippen LogP contribution in [0.4, 0.5) is 22.7 Å². The molecule has 7 heteroatoms. The maximum atomic E-state index is 11.3. The highest BCUT2D eigenvalue weighted by Crippen LogP contribution is 2.30. The van der Waals surface area contributed by atoms with E-state index in [0.717, 1.165) is 13.1 Å². The van der Waals surface area contributed by atoms with Crippen LogP contribution in [0.25, 0.3) is 0 Å². The molecule has 0 saturated carbocycles. The number of carbonyl (C=O) groups excluding carboxylic acids is 1. The van der Waals surface area contributed by atoms with E-state index in [-0.39, 0.29) is 16.9 Å². The molecule has 0 heterocycles. The minimum atomic E-state index is -0.549. The van der Waals surface area contributed by atoms with Crippen molar-refractivity contribution < 1.29 is 9.72 Å². The van der Waals surface area contributed by atoms with E-state index in [1.165, 1.54) is 101 Å². The average molecular weight is 495 g/mol. The van der Waals surface area contributed by atoms with Gasteiger partial charge in [0.15, 0.2) is 5.69 Å². The largest absolute Gasteiger partial charge is 0.372 e. The van der Waals surface area contributed by atoms with Gasteiger partial charge in [0.05, 0.1) is 10.6 Å². The van der Waals surface area contributed by atoms with Gasteiger partial charge in [0.25, 0.3) is 5.69 Å². The van der Waals surface area contributed by atoms with Gasteiger partial charge in [-0.1, -0.05) is 78.1 Å². The second-order valence-electron chi connectivity index (χ2n) is 9.36. The number of nitrogens with zero attached hydrogens (tertiary/aromatic N) is 4. The van der Waals surface area contributed by atoms with E-state index in [0.29, 0.717) is 12.0 Å². The van der Waals surface area contributed by atoms with Gasteiger partial charge in [-0.25, -0.2) is 0 Å². The molecule has 0 saturated heterocycles. The maximum absolute atomic E-state index is 11.3. The SMILES string of the molecule is CCCCCCCCN(CCCCCCCC)c1ccc(N=Nc2ccc(C=O)cc2[N+](=O)[O-])cc1. The Hall–Kier alpha value is -3.09. The molecular formula is C29H42N4O3. The minimum Gasteiger partial charge on any atom is -0.372 e. The average Bonchev–Trinajstić information content (AvgIpc) is 2.90. The third kappa shape index (κ3) is 10.7. The van der Waals surface area contributed by atoms with E-state index in [9.17, 15) is 14.9 Å². The molecule has 0 unspecified atom stereocenters. The van der Waals surface area contributed by atoms with Crippen molar-refractivity contribution in [1.82, 2.24) is 0 Å². The van der Waals surface area contributed by atoms with Crippen LogP contribution in [0.5, 0.6) is 0 Å². The Kier molecular flexibility index (Phi) is 14.1. The molecule has 0 aliphatic rings. The number of nitro benzene ring substituents is 1. The first-order valence-corrected chi connectivity index (χ1v) is 13.6. The highest BCUT2D eigenvalue weighted by molar-refractivity contribution is 5.78. The standard InChI is InChI=1S/C29H42N4O3/c1-3-5-7-9-11-13-21-32(22-14-12-10-8-6-4-2)27-18-16-26(17-19-27)30-31-28-20-15-25(24-34)23-29(28)33(35)36/h15-20,23-24H,3-14,21-22H2,1-2H3. The van der Waals surface area contributed by atoms with Crippen molar-refractivity contribution in [3.63, 3.8) is 0 Å². The molecule has 0 N–H and O–H groups in total. The monoisotopic (exact) mass is 494 g/mol. The minimum absolute atomic E-state index is 0.127. The van der Waals surface area contributed by atoms with Crippen molar-refractivity contribution in [1.29, 1.82) is 0 Å². The lowest BCUT2D eigenvalue weighted by Gasteiger charge is -2.25. The molecule has 196 valence electrons. The fourth-order valence-corrected chi connectivity index (χ4v) is 4.22. The zero-order valence-corrected chi connectivity index (χ0v) is 22.0. The second kappa shape index (κ2) is 17.4. The van der Waals surface area contributed by atoms with Crippen LogP contribution in [0.1, 0.15) is 101 Å². The van der Waals surface area contributed by atoms with Gasteiger partial charge >= 0.3 is 0 Å². The summed E-state index contributed by atoms with van der Waals surface area (Å²) in [7, 11) is 0. The molecular weight excluding hydrogens is 452 g/mol. The first kappa shape index (κ1) is 29.1. The molecule has 0 amide bonds. The van der Waals surface area contributed by atoms with Crippen LogP contribution >= 0.6 is 0 Å².